The van der Waals surface area contributed by atoms with Gasteiger partial charge in [-0.3, -0.25) is 4.79 Å². The van der Waals surface area contributed by atoms with Gasteiger partial charge in [-0.2, -0.15) is 4.99 Å². The van der Waals surface area contributed by atoms with Crippen molar-refractivity contribution in [1.82, 2.24) is 4.57 Å². The molecule has 0 spiro atoms. The molecular weight excluding hydrogens is 386 g/mol. The number of carbonyl (C=O) groups is 2. The van der Waals surface area contributed by atoms with E-state index in [1.165, 1.54) is 11.3 Å². The fourth-order valence-corrected chi connectivity index (χ4v) is 3.14. The Kier molecular flexibility index (Phi) is 6.10. The monoisotopic (exact) mass is 402 g/mol. The number of thiazole rings is 1. The summed E-state index contributed by atoms with van der Waals surface area (Å²) in [5.41, 5.74) is 1.76. The summed E-state index contributed by atoms with van der Waals surface area (Å²) in [6.07, 6.45) is 1.80. The van der Waals surface area contributed by atoms with E-state index in [9.17, 15) is 18.4 Å². The summed E-state index contributed by atoms with van der Waals surface area (Å²) >= 11 is 1.27. The molecule has 1 amide bonds. The van der Waals surface area contributed by atoms with Crippen LogP contribution in [0.3, 0.4) is 0 Å². The fourth-order valence-electron chi connectivity index (χ4n) is 2.40. The highest BCUT2D eigenvalue weighted by atomic mass is 32.1. The van der Waals surface area contributed by atoms with Crippen LogP contribution in [0.5, 0.6) is 0 Å². The van der Waals surface area contributed by atoms with Crippen molar-refractivity contribution in [2.75, 3.05) is 6.61 Å². The molecule has 2 aromatic carbocycles. The number of hydrogen-bond donors (Lipinski definition) is 0. The number of aromatic nitrogens is 1. The molecular formula is C20H16F2N2O3S. The van der Waals surface area contributed by atoms with Gasteiger partial charge in [0.1, 0.15) is 11.6 Å². The SMILES string of the molecule is Cc1ccc(Cn2ccsc2=NC(=O)COC(=O)c2ccc(F)cc2F)cc1. The maximum Gasteiger partial charge on any atom is 0.341 e. The maximum atomic E-state index is 13.6. The molecule has 8 heteroatoms. The first-order valence-corrected chi connectivity index (χ1v) is 9.19. The molecule has 3 rings (SSSR count). The van der Waals surface area contributed by atoms with Crippen LogP contribution in [0.15, 0.2) is 59.0 Å². The van der Waals surface area contributed by atoms with Gasteiger partial charge in [0, 0.05) is 24.2 Å². The van der Waals surface area contributed by atoms with Gasteiger partial charge in [0.25, 0.3) is 5.91 Å². The van der Waals surface area contributed by atoms with E-state index in [1.807, 2.05) is 31.2 Å². The fraction of sp³-hybridized carbons (Fsp3) is 0.150. The third kappa shape index (κ3) is 4.98. The predicted octanol–water partition coefficient (Wildman–Crippen LogP) is 3.47. The Morgan fingerprint density at radius 1 is 1.14 bits per heavy atom. The van der Waals surface area contributed by atoms with Crippen LogP contribution in [0.1, 0.15) is 21.5 Å². The summed E-state index contributed by atoms with van der Waals surface area (Å²) in [6, 6.07) is 10.4. The van der Waals surface area contributed by atoms with Crippen molar-refractivity contribution >= 4 is 23.2 Å². The van der Waals surface area contributed by atoms with Crippen LogP contribution in [-0.4, -0.2) is 23.1 Å². The molecule has 0 bridgehead atoms. The Bertz CT molecular complexity index is 1070. The number of nitrogens with zero attached hydrogens (tertiary/aromatic N) is 2. The molecule has 0 saturated heterocycles. The molecule has 0 fully saturated rings. The van der Waals surface area contributed by atoms with Crippen LogP contribution in [0, 0.1) is 18.6 Å². The second-order valence-electron chi connectivity index (χ2n) is 6.00. The van der Waals surface area contributed by atoms with E-state index in [0.29, 0.717) is 17.4 Å². The van der Waals surface area contributed by atoms with Gasteiger partial charge in [-0.1, -0.05) is 29.8 Å². The summed E-state index contributed by atoms with van der Waals surface area (Å²) in [4.78, 5) is 28.3. The molecule has 144 valence electrons. The molecule has 1 heterocycles. The molecule has 0 N–H and O–H groups in total. The standard InChI is InChI=1S/C20H16F2N2O3S/c1-13-2-4-14(5-3-13)11-24-8-9-28-20(24)23-18(25)12-27-19(26)16-7-6-15(21)10-17(16)22/h2-10H,11-12H2,1H3. The Morgan fingerprint density at radius 2 is 1.89 bits per heavy atom. The number of rotatable bonds is 5. The molecule has 0 atom stereocenters. The van der Waals surface area contributed by atoms with Crippen molar-refractivity contribution < 1.29 is 23.1 Å². The zero-order chi connectivity index (χ0) is 20.1. The summed E-state index contributed by atoms with van der Waals surface area (Å²) in [5, 5.41) is 1.79. The average molecular weight is 402 g/mol. The quantitative estimate of drug-likeness (QED) is 0.614. The first kappa shape index (κ1) is 19.6. The third-order valence-electron chi connectivity index (χ3n) is 3.83. The normalized spacial score (nSPS) is 11.5. The van der Waals surface area contributed by atoms with Crippen molar-refractivity contribution in [3.05, 3.63) is 87.2 Å². The lowest BCUT2D eigenvalue weighted by Gasteiger charge is -2.05. The zero-order valence-electron chi connectivity index (χ0n) is 14.9. The molecule has 1 aromatic heterocycles. The lowest BCUT2D eigenvalue weighted by Crippen LogP contribution is -2.20. The van der Waals surface area contributed by atoms with Gasteiger partial charge in [0.05, 0.1) is 5.56 Å². The van der Waals surface area contributed by atoms with Crippen LogP contribution in [-0.2, 0) is 16.1 Å². The van der Waals surface area contributed by atoms with Gasteiger partial charge in [0.2, 0.25) is 0 Å². The number of hydrogen-bond acceptors (Lipinski definition) is 4. The minimum atomic E-state index is -1.06. The highest BCUT2D eigenvalue weighted by Crippen LogP contribution is 2.11. The second-order valence-corrected chi connectivity index (χ2v) is 6.88. The largest absolute Gasteiger partial charge is 0.452 e. The number of aryl methyl sites for hydroxylation is 1. The molecule has 0 aliphatic rings. The molecule has 28 heavy (non-hydrogen) atoms. The van der Waals surface area contributed by atoms with E-state index in [4.69, 9.17) is 4.74 Å². The molecule has 0 radical (unpaired) electrons. The van der Waals surface area contributed by atoms with Crippen molar-refractivity contribution in [1.29, 1.82) is 0 Å². The van der Waals surface area contributed by atoms with E-state index < -0.39 is 35.7 Å². The highest BCUT2D eigenvalue weighted by Gasteiger charge is 2.15. The van der Waals surface area contributed by atoms with Gasteiger partial charge in [0.15, 0.2) is 11.4 Å². The summed E-state index contributed by atoms with van der Waals surface area (Å²) in [7, 11) is 0. The van der Waals surface area contributed by atoms with Crippen molar-refractivity contribution in [3.8, 4) is 0 Å². The smallest absolute Gasteiger partial charge is 0.341 e. The van der Waals surface area contributed by atoms with Gasteiger partial charge in [-0.25, -0.2) is 13.6 Å². The van der Waals surface area contributed by atoms with E-state index in [2.05, 4.69) is 4.99 Å². The van der Waals surface area contributed by atoms with Crippen LogP contribution in [0.25, 0.3) is 0 Å². The van der Waals surface area contributed by atoms with Gasteiger partial charge < -0.3 is 9.30 Å². The van der Waals surface area contributed by atoms with Crippen LogP contribution in [0.4, 0.5) is 8.78 Å². The summed E-state index contributed by atoms with van der Waals surface area (Å²) < 4.78 is 33.0. The lowest BCUT2D eigenvalue weighted by molar-refractivity contribution is -0.121. The number of esters is 1. The van der Waals surface area contributed by atoms with Gasteiger partial charge in [-0.05, 0) is 24.6 Å². The van der Waals surface area contributed by atoms with Crippen molar-refractivity contribution in [2.24, 2.45) is 4.99 Å². The van der Waals surface area contributed by atoms with E-state index in [-0.39, 0.29) is 0 Å². The lowest BCUT2D eigenvalue weighted by atomic mass is 10.1. The summed E-state index contributed by atoms with van der Waals surface area (Å²) in [5.74, 6) is -3.60. The number of halogens is 2. The Hall–Kier alpha value is -3.13. The first-order chi connectivity index (χ1) is 13.4. The average Bonchev–Trinajstić information content (AvgIpc) is 3.08. The zero-order valence-corrected chi connectivity index (χ0v) is 15.7. The van der Waals surface area contributed by atoms with Crippen LogP contribution in [0.2, 0.25) is 0 Å². The molecule has 5 nitrogen and oxygen atoms in total. The number of ether oxygens (including phenoxy) is 1. The van der Waals surface area contributed by atoms with Gasteiger partial charge >= 0.3 is 5.97 Å². The number of amides is 1. The highest BCUT2D eigenvalue weighted by molar-refractivity contribution is 7.07. The Balaban J connectivity index is 1.66. The first-order valence-electron chi connectivity index (χ1n) is 8.31. The Morgan fingerprint density at radius 3 is 2.61 bits per heavy atom. The van der Waals surface area contributed by atoms with Crippen molar-refractivity contribution in [3.63, 3.8) is 0 Å². The van der Waals surface area contributed by atoms with Gasteiger partial charge in [-0.15, -0.1) is 11.3 Å². The third-order valence-corrected chi connectivity index (χ3v) is 4.63. The van der Waals surface area contributed by atoms with Crippen molar-refractivity contribution in [2.45, 2.75) is 13.5 Å². The van der Waals surface area contributed by atoms with E-state index in [1.54, 1.807) is 16.1 Å². The van der Waals surface area contributed by atoms with Crippen LogP contribution < -0.4 is 4.80 Å². The number of benzene rings is 2. The molecule has 3 aromatic rings. The minimum Gasteiger partial charge on any atom is -0.452 e. The molecule has 0 saturated carbocycles. The minimum absolute atomic E-state index is 0.445. The van der Waals surface area contributed by atoms with E-state index >= 15 is 0 Å². The topological polar surface area (TPSA) is 60.7 Å². The number of carbonyl (C=O) groups excluding carboxylic acids is 2. The molecule has 0 aliphatic carbocycles. The Labute approximate surface area is 163 Å². The van der Waals surface area contributed by atoms with Crippen LogP contribution >= 0.6 is 11.3 Å². The maximum absolute atomic E-state index is 13.6. The predicted molar refractivity (Wildman–Crippen MR) is 99.8 cm³/mol. The molecule has 0 unspecified atom stereocenters. The molecule has 0 aliphatic heterocycles. The summed E-state index contributed by atoms with van der Waals surface area (Å²) in [6.45, 7) is 1.90. The van der Waals surface area contributed by atoms with E-state index in [0.717, 1.165) is 23.3 Å². The second kappa shape index (κ2) is 8.71.